The highest BCUT2D eigenvalue weighted by Crippen LogP contribution is 2.41. The molecule has 1 unspecified atom stereocenters. The number of hydrogen-bond acceptors (Lipinski definition) is 6. The van der Waals surface area contributed by atoms with Crippen molar-refractivity contribution >= 4 is 6.09 Å². The fraction of sp³-hybridized carbons (Fsp3) is 0.519. The number of alkyl halides is 4. The topological polar surface area (TPSA) is 73.8 Å². The van der Waals surface area contributed by atoms with Gasteiger partial charge in [-0.05, 0) is 66.2 Å². The van der Waals surface area contributed by atoms with Crippen LogP contribution < -0.4 is 4.74 Å². The molecule has 0 radical (unpaired) electrons. The van der Waals surface area contributed by atoms with E-state index < -0.39 is 47.1 Å². The van der Waals surface area contributed by atoms with E-state index in [1.807, 2.05) is 0 Å². The third kappa shape index (κ3) is 6.61. The average Bonchev–Trinajstić information content (AvgIpc) is 3.06. The summed E-state index contributed by atoms with van der Waals surface area (Å²) in [6.45, 7) is 14.2. The van der Waals surface area contributed by atoms with E-state index in [9.17, 15) is 22.4 Å². The third-order valence-electron chi connectivity index (χ3n) is 5.84. The van der Waals surface area contributed by atoms with Gasteiger partial charge in [0.05, 0.1) is 24.1 Å². The summed E-state index contributed by atoms with van der Waals surface area (Å²) in [7, 11) is 0. The molecular weight excluding hydrogens is 506 g/mol. The summed E-state index contributed by atoms with van der Waals surface area (Å²) < 4.78 is 71.8. The Balaban J connectivity index is 1.97. The van der Waals surface area contributed by atoms with Gasteiger partial charge in [0.25, 0.3) is 12.9 Å². The molecule has 1 amide bonds. The lowest BCUT2D eigenvalue weighted by Gasteiger charge is -2.42. The standard InChI is InChI=1S/C27H33F4N3O4/c1-16(2)12-27(15-37-26(6,7)34(27)24(35)38-25(3,4)5)14-36-21-13-33-19(11-18(21)22(28)29)17-8-9-32-20(10-17)23(30)31/h8-11,13,22-23H,1,12,14-15H2,2-7H3. The number of carbonyl (C=O) groups excluding carboxylic acids is 1. The zero-order valence-corrected chi connectivity index (χ0v) is 22.4. The minimum Gasteiger partial charge on any atom is -0.489 e. The molecule has 0 N–H and O–H groups in total. The summed E-state index contributed by atoms with van der Waals surface area (Å²) in [6, 6.07) is 3.60. The number of carbonyl (C=O) groups is 1. The molecule has 3 rings (SSSR count). The van der Waals surface area contributed by atoms with Gasteiger partial charge in [0.2, 0.25) is 0 Å². The second-order valence-corrected chi connectivity index (χ2v) is 10.9. The van der Waals surface area contributed by atoms with Crippen molar-refractivity contribution in [3.05, 3.63) is 54.0 Å². The van der Waals surface area contributed by atoms with E-state index in [0.29, 0.717) is 0 Å². The number of hydrogen-bond donors (Lipinski definition) is 0. The summed E-state index contributed by atoms with van der Waals surface area (Å²) >= 11 is 0. The van der Waals surface area contributed by atoms with Gasteiger partial charge in [0, 0.05) is 11.8 Å². The number of aromatic nitrogens is 2. The molecule has 208 valence electrons. The predicted molar refractivity (Wildman–Crippen MR) is 133 cm³/mol. The van der Waals surface area contributed by atoms with Crippen LogP contribution in [-0.4, -0.2) is 51.0 Å². The number of amides is 1. The lowest BCUT2D eigenvalue weighted by atomic mass is 9.91. The van der Waals surface area contributed by atoms with Gasteiger partial charge in [-0.25, -0.2) is 22.4 Å². The molecule has 0 bridgehead atoms. The molecule has 2 aromatic heterocycles. The molecule has 1 saturated heterocycles. The molecule has 2 aromatic rings. The van der Waals surface area contributed by atoms with Crippen molar-refractivity contribution < 1.29 is 36.6 Å². The largest absolute Gasteiger partial charge is 0.489 e. The minimum atomic E-state index is -2.95. The first kappa shape index (κ1) is 29.3. The molecule has 0 aliphatic carbocycles. The van der Waals surface area contributed by atoms with Crippen LogP contribution >= 0.6 is 0 Å². The highest BCUT2D eigenvalue weighted by atomic mass is 19.3. The van der Waals surface area contributed by atoms with Crippen molar-refractivity contribution in [1.82, 2.24) is 14.9 Å². The lowest BCUT2D eigenvalue weighted by molar-refractivity contribution is -0.0723. The Morgan fingerprint density at radius 3 is 2.45 bits per heavy atom. The van der Waals surface area contributed by atoms with E-state index in [0.717, 1.165) is 23.9 Å². The van der Waals surface area contributed by atoms with Crippen LogP contribution in [0.1, 0.15) is 72.1 Å². The van der Waals surface area contributed by atoms with E-state index in [-0.39, 0.29) is 36.6 Å². The van der Waals surface area contributed by atoms with Gasteiger partial charge < -0.3 is 14.2 Å². The first-order valence-corrected chi connectivity index (χ1v) is 12.0. The number of nitrogens with zero attached hydrogens (tertiary/aromatic N) is 3. The van der Waals surface area contributed by atoms with Crippen molar-refractivity contribution in [2.24, 2.45) is 0 Å². The molecular formula is C27H33F4N3O4. The Bertz CT molecular complexity index is 1180. The maximum atomic E-state index is 14.1. The fourth-order valence-corrected chi connectivity index (χ4v) is 4.43. The van der Waals surface area contributed by atoms with E-state index in [1.54, 1.807) is 41.5 Å². The summed E-state index contributed by atoms with van der Waals surface area (Å²) in [5.41, 5.74) is -2.93. The molecule has 11 heteroatoms. The van der Waals surface area contributed by atoms with Crippen LogP contribution in [0.4, 0.5) is 22.4 Å². The Labute approximate surface area is 219 Å². The SMILES string of the molecule is C=C(C)CC1(COc2cnc(-c3ccnc(C(F)F)c3)cc2C(F)F)COC(C)(C)N1C(=O)OC(C)(C)C. The molecule has 3 heterocycles. The molecule has 0 spiro atoms. The monoisotopic (exact) mass is 539 g/mol. The third-order valence-corrected chi connectivity index (χ3v) is 5.84. The molecule has 1 atom stereocenters. The van der Waals surface area contributed by atoms with Crippen LogP contribution in [0.5, 0.6) is 5.75 Å². The summed E-state index contributed by atoms with van der Waals surface area (Å²) in [4.78, 5) is 22.5. The maximum absolute atomic E-state index is 14.1. The Morgan fingerprint density at radius 1 is 1.18 bits per heavy atom. The number of pyridine rings is 2. The first-order chi connectivity index (χ1) is 17.5. The van der Waals surface area contributed by atoms with Crippen LogP contribution in [-0.2, 0) is 9.47 Å². The Kier molecular flexibility index (Phi) is 8.40. The molecule has 1 aliphatic heterocycles. The van der Waals surface area contributed by atoms with Gasteiger partial charge >= 0.3 is 6.09 Å². The molecule has 1 aliphatic rings. The van der Waals surface area contributed by atoms with Crippen LogP contribution in [0.25, 0.3) is 11.3 Å². The van der Waals surface area contributed by atoms with Gasteiger partial charge in [-0.3, -0.25) is 14.9 Å². The van der Waals surface area contributed by atoms with Gasteiger partial charge in [-0.15, -0.1) is 6.58 Å². The van der Waals surface area contributed by atoms with E-state index >= 15 is 0 Å². The second-order valence-electron chi connectivity index (χ2n) is 10.9. The summed E-state index contributed by atoms with van der Waals surface area (Å²) in [5.74, 6) is -0.207. The number of rotatable bonds is 8. The quantitative estimate of drug-likeness (QED) is 0.263. The predicted octanol–water partition coefficient (Wildman–Crippen LogP) is 7.11. The molecule has 0 aromatic carbocycles. The number of halogens is 4. The lowest BCUT2D eigenvalue weighted by Crippen LogP contribution is -2.59. The average molecular weight is 540 g/mol. The van der Waals surface area contributed by atoms with E-state index in [1.165, 1.54) is 17.2 Å². The van der Waals surface area contributed by atoms with Gasteiger partial charge in [-0.2, -0.15) is 0 Å². The highest BCUT2D eigenvalue weighted by Gasteiger charge is 2.56. The normalized spacial score (nSPS) is 19.2. The van der Waals surface area contributed by atoms with Crippen LogP contribution in [0.3, 0.4) is 0 Å². The van der Waals surface area contributed by atoms with Crippen molar-refractivity contribution in [2.75, 3.05) is 13.2 Å². The molecule has 1 fully saturated rings. The van der Waals surface area contributed by atoms with E-state index in [2.05, 4.69) is 16.5 Å². The Hall–Kier alpha value is -3.21. The smallest absolute Gasteiger partial charge is 0.413 e. The van der Waals surface area contributed by atoms with Gasteiger partial charge in [0.15, 0.2) is 0 Å². The van der Waals surface area contributed by atoms with E-state index in [4.69, 9.17) is 14.2 Å². The summed E-state index contributed by atoms with van der Waals surface area (Å²) in [6.07, 6.45) is -3.86. The van der Waals surface area contributed by atoms with Crippen LogP contribution in [0.15, 0.2) is 42.7 Å². The van der Waals surface area contributed by atoms with Crippen molar-refractivity contribution in [3.63, 3.8) is 0 Å². The van der Waals surface area contributed by atoms with Crippen molar-refractivity contribution in [2.45, 2.75) is 77.7 Å². The fourth-order valence-electron chi connectivity index (χ4n) is 4.43. The molecule has 38 heavy (non-hydrogen) atoms. The van der Waals surface area contributed by atoms with Crippen molar-refractivity contribution in [3.8, 4) is 17.0 Å². The minimum absolute atomic E-state index is 0.0506. The zero-order valence-electron chi connectivity index (χ0n) is 22.4. The molecule has 0 saturated carbocycles. The molecule has 7 nitrogen and oxygen atoms in total. The van der Waals surface area contributed by atoms with Crippen molar-refractivity contribution in [1.29, 1.82) is 0 Å². The van der Waals surface area contributed by atoms with Gasteiger partial charge in [-0.1, -0.05) is 5.57 Å². The first-order valence-electron chi connectivity index (χ1n) is 12.0. The number of ether oxygens (including phenoxy) is 3. The maximum Gasteiger partial charge on any atom is 0.413 e. The van der Waals surface area contributed by atoms with Crippen LogP contribution in [0.2, 0.25) is 0 Å². The summed E-state index contributed by atoms with van der Waals surface area (Å²) in [5, 5.41) is 0. The second kappa shape index (κ2) is 10.9. The van der Waals surface area contributed by atoms with Gasteiger partial charge in [0.1, 0.15) is 34.9 Å². The van der Waals surface area contributed by atoms with Crippen LogP contribution in [0, 0.1) is 0 Å². The Morgan fingerprint density at radius 2 is 1.87 bits per heavy atom. The zero-order chi connectivity index (χ0) is 28.5. The highest BCUT2D eigenvalue weighted by molar-refractivity contribution is 5.71.